The summed E-state index contributed by atoms with van der Waals surface area (Å²) in [4.78, 5) is 0. The number of aromatic nitrogens is 3. The van der Waals surface area contributed by atoms with Crippen LogP contribution < -0.4 is 11.3 Å². The second kappa shape index (κ2) is 4.13. The molecule has 6 nitrogen and oxygen atoms in total. The molecule has 2 aromatic heterocycles. The Balaban J connectivity index is 2.41. The lowest BCUT2D eigenvalue weighted by molar-refractivity contribution is 0.518. The Kier molecular flexibility index (Phi) is 2.85. The third-order valence-electron chi connectivity index (χ3n) is 2.17. The maximum Gasteiger partial charge on any atom is 0.174 e. The zero-order valence-corrected chi connectivity index (χ0v) is 9.60. The van der Waals surface area contributed by atoms with Gasteiger partial charge in [-0.15, -0.1) is 5.10 Å². The monoisotopic (exact) mass is 271 g/mol. The molecule has 0 bridgehead atoms. The molecular formula is C8H10BrN5O. The van der Waals surface area contributed by atoms with E-state index in [1.165, 1.54) is 0 Å². The van der Waals surface area contributed by atoms with Gasteiger partial charge in [0, 0.05) is 12.6 Å². The summed E-state index contributed by atoms with van der Waals surface area (Å²) < 4.78 is 7.46. The maximum atomic E-state index is 5.51. The number of hydrogen-bond donors (Lipinski definition) is 2. The van der Waals surface area contributed by atoms with Gasteiger partial charge in [0.1, 0.15) is 0 Å². The van der Waals surface area contributed by atoms with Crippen LogP contribution in [0.1, 0.15) is 17.3 Å². The molecule has 1 atom stereocenters. The Morgan fingerprint density at radius 3 is 2.93 bits per heavy atom. The highest BCUT2D eigenvalue weighted by Crippen LogP contribution is 2.28. The molecule has 1 unspecified atom stereocenters. The summed E-state index contributed by atoms with van der Waals surface area (Å²) >= 11 is 3.31. The van der Waals surface area contributed by atoms with Crippen LogP contribution in [0.15, 0.2) is 27.6 Å². The minimum Gasteiger partial charge on any atom is -0.457 e. The van der Waals surface area contributed by atoms with Gasteiger partial charge in [-0.2, -0.15) is 0 Å². The number of hydrogen-bond acceptors (Lipinski definition) is 5. The number of hydrazine groups is 1. The number of nitrogens with two attached hydrogens (primary N) is 1. The molecule has 2 rings (SSSR count). The van der Waals surface area contributed by atoms with Crippen molar-refractivity contribution in [1.82, 2.24) is 20.4 Å². The summed E-state index contributed by atoms with van der Waals surface area (Å²) in [6.07, 6.45) is 3.25. The van der Waals surface area contributed by atoms with E-state index in [-0.39, 0.29) is 6.04 Å². The van der Waals surface area contributed by atoms with E-state index in [9.17, 15) is 0 Å². The van der Waals surface area contributed by atoms with Crippen molar-refractivity contribution in [2.45, 2.75) is 6.04 Å². The molecular weight excluding hydrogens is 262 g/mol. The highest BCUT2D eigenvalue weighted by atomic mass is 79.9. The summed E-state index contributed by atoms with van der Waals surface area (Å²) in [7, 11) is 1.81. The number of halogens is 1. The molecule has 0 aliphatic heterocycles. The summed E-state index contributed by atoms with van der Waals surface area (Å²) in [5, 5.41) is 7.65. The van der Waals surface area contributed by atoms with E-state index < -0.39 is 0 Å². The van der Waals surface area contributed by atoms with Gasteiger partial charge in [-0.05, 0) is 22.0 Å². The van der Waals surface area contributed by atoms with Crippen LogP contribution in [-0.4, -0.2) is 15.0 Å². The van der Waals surface area contributed by atoms with Crippen LogP contribution in [-0.2, 0) is 7.05 Å². The van der Waals surface area contributed by atoms with Crippen molar-refractivity contribution in [2.24, 2.45) is 12.9 Å². The first-order chi connectivity index (χ1) is 7.24. The molecule has 80 valence electrons. The van der Waals surface area contributed by atoms with Gasteiger partial charge in [0.2, 0.25) is 0 Å². The maximum absolute atomic E-state index is 5.51. The Bertz CT molecular complexity index is 411. The zero-order chi connectivity index (χ0) is 10.8. The first-order valence-corrected chi connectivity index (χ1v) is 5.07. The molecule has 0 aliphatic rings. The van der Waals surface area contributed by atoms with Crippen LogP contribution in [0.4, 0.5) is 0 Å². The Morgan fingerprint density at radius 1 is 1.67 bits per heavy atom. The predicted octanol–water partition coefficient (Wildman–Crippen LogP) is 0.723. The van der Waals surface area contributed by atoms with E-state index in [1.807, 2.05) is 6.07 Å². The quantitative estimate of drug-likeness (QED) is 0.635. The SMILES string of the molecule is Cn1nncc1C(NN)c1ccoc1Br. The van der Waals surface area contributed by atoms with Crippen molar-refractivity contribution in [2.75, 3.05) is 0 Å². The van der Waals surface area contributed by atoms with Gasteiger partial charge in [0.15, 0.2) is 4.67 Å². The molecule has 0 amide bonds. The Hall–Kier alpha value is -1.18. The minimum atomic E-state index is -0.196. The van der Waals surface area contributed by atoms with Gasteiger partial charge in [-0.3, -0.25) is 10.5 Å². The van der Waals surface area contributed by atoms with E-state index in [1.54, 1.807) is 24.2 Å². The van der Waals surface area contributed by atoms with Crippen molar-refractivity contribution in [3.63, 3.8) is 0 Å². The standard InChI is InChI=1S/C8H10BrN5O/c1-14-6(4-11-13-14)7(12-10)5-2-3-15-8(5)9/h2-4,7,12H,10H2,1H3. The molecule has 7 heteroatoms. The van der Waals surface area contributed by atoms with Crippen molar-refractivity contribution < 1.29 is 4.42 Å². The Morgan fingerprint density at radius 2 is 2.47 bits per heavy atom. The number of nitrogens with zero attached hydrogens (tertiary/aromatic N) is 3. The van der Waals surface area contributed by atoms with Crippen LogP contribution in [0.5, 0.6) is 0 Å². The van der Waals surface area contributed by atoms with Crippen molar-refractivity contribution in [3.8, 4) is 0 Å². The van der Waals surface area contributed by atoms with E-state index in [2.05, 4.69) is 31.7 Å². The molecule has 0 aliphatic carbocycles. The van der Waals surface area contributed by atoms with Crippen LogP contribution >= 0.6 is 15.9 Å². The van der Waals surface area contributed by atoms with Gasteiger partial charge in [-0.1, -0.05) is 5.21 Å². The van der Waals surface area contributed by atoms with Gasteiger partial charge >= 0.3 is 0 Å². The molecule has 0 spiro atoms. The van der Waals surface area contributed by atoms with Gasteiger partial charge in [0.05, 0.1) is 24.2 Å². The summed E-state index contributed by atoms with van der Waals surface area (Å²) in [5.41, 5.74) is 4.46. The fourth-order valence-corrected chi connectivity index (χ4v) is 1.87. The van der Waals surface area contributed by atoms with Crippen LogP contribution in [0.25, 0.3) is 0 Å². The van der Waals surface area contributed by atoms with Crippen LogP contribution in [0, 0.1) is 0 Å². The molecule has 0 aromatic carbocycles. The zero-order valence-electron chi connectivity index (χ0n) is 8.01. The number of rotatable bonds is 3. The van der Waals surface area contributed by atoms with Crippen molar-refractivity contribution >= 4 is 15.9 Å². The first kappa shape index (κ1) is 10.3. The summed E-state index contributed by atoms with van der Waals surface area (Å²) in [6.45, 7) is 0. The molecule has 2 aromatic rings. The molecule has 0 fully saturated rings. The molecule has 2 heterocycles. The Labute approximate surface area is 94.5 Å². The van der Waals surface area contributed by atoms with Gasteiger partial charge < -0.3 is 4.42 Å². The number of nitrogens with one attached hydrogen (secondary N) is 1. The van der Waals surface area contributed by atoms with Crippen LogP contribution in [0.2, 0.25) is 0 Å². The van der Waals surface area contributed by atoms with Crippen LogP contribution in [0.3, 0.4) is 0 Å². The smallest absolute Gasteiger partial charge is 0.174 e. The highest BCUT2D eigenvalue weighted by Gasteiger charge is 2.20. The number of aryl methyl sites for hydroxylation is 1. The van der Waals surface area contributed by atoms with E-state index in [4.69, 9.17) is 10.3 Å². The fourth-order valence-electron chi connectivity index (χ4n) is 1.40. The minimum absolute atomic E-state index is 0.196. The lowest BCUT2D eigenvalue weighted by Gasteiger charge is -2.13. The van der Waals surface area contributed by atoms with Crippen molar-refractivity contribution in [3.05, 3.63) is 34.5 Å². The van der Waals surface area contributed by atoms with E-state index in [0.29, 0.717) is 4.67 Å². The van der Waals surface area contributed by atoms with Gasteiger partial charge in [-0.25, -0.2) is 5.43 Å². The second-order valence-electron chi connectivity index (χ2n) is 3.03. The highest BCUT2D eigenvalue weighted by molar-refractivity contribution is 9.10. The molecule has 0 saturated heterocycles. The topological polar surface area (TPSA) is 81.9 Å². The molecule has 3 N–H and O–H groups in total. The average molecular weight is 272 g/mol. The second-order valence-corrected chi connectivity index (χ2v) is 3.75. The lowest BCUT2D eigenvalue weighted by Crippen LogP contribution is -2.30. The number of furan rings is 1. The van der Waals surface area contributed by atoms with Gasteiger partial charge in [0.25, 0.3) is 0 Å². The third kappa shape index (κ3) is 1.81. The molecule has 0 saturated carbocycles. The van der Waals surface area contributed by atoms with Crippen molar-refractivity contribution in [1.29, 1.82) is 0 Å². The normalized spacial score (nSPS) is 13.0. The summed E-state index contributed by atoms with van der Waals surface area (Å²) in [5.74, 6) is 5.51. The molecule has 15 heavy (non-hydrogen) atoms. The largest absolute Gasteiger partial charge is 0.457 e. The van der Waals surface area contributed by atoms with E-state index >= 15 is 0 Å². The molecule has 0 radical (unpaired) electrons. The van der Waals surface area contributed by atoms with E-state index in [0.717, 1.165) is 11.3 Å². The lowest BCUT2D eigenvalue weighted by atomic mass is 10.1. The first-order valence-electron chi connectivity index (χ1n) is 4.27. The summed E-state index contributed by atoms with van der Waals surface area (Å²) in [6, 6.07) is 1.64. The third-order valence-corrected chi connectivity index (χ3v) is 2.81. The average Bonchev–Trinajstić information content (AvgIpc) is 2.80. The fraction of sp³-hybridized carbons (Fsp3) is 0.250. The predicted molar refractivity (Wildman–Crippen MR) is 56.6 cm³/mol.